The standard InChI is InChI=1S/C12H17ClN2O2S/c13-12-6-2-1-4-10(12)9-18(16,17)15-11-5-3-7-14-8-11/h1-2,4,6,11,14-15H,3,5,7-9H2/t11-/m1/s1. The first kappa shape index (κ1) is 13.8. The Morgan fingerprint density at radius 2 is 2.17 bits per heavy atom. The first-order valence-corrected chi connectivity index (χ1v) is 8.04. The molecule has 2 N–H and O–H groups in total. The van der Waals surface area contributed by atoms with Crippen molar-refractivity contribution in [3.8, 4) is 0 Å². The van der Waals surface area contributed by atoms with Crippen molar-refractivity contribution in [2.45, 2.75) is 24.6 Å². The van der Waals surface area contributed by atoms with Crippen LogP contribution >= 0.6 is 11.6 Å². The van der Waals surface area contributed by atoms with Crippen LogP contribution in [0.4, 0.5) is 0 Å². The smallest absolute Gasteiger partial charge is 0.216 e. The van der Waals surface area contributed by atoms with Gasteiger partial charge in [-0.05, 0) is 31.0 Å². The van der Waals surface area contributed by atoms with Crippen LogP contribution in [-0.2, 0) is 15.8 Å². The quantitative estimate of drug-likeness (QED) is 0.883. The van der Waals surface area contributed by atoms with Crippen molar-refractivity contribution in [3.05, 3.63) is 34.9 Å². The maximum atomic E-state index is 12.0. The first-order chi connectivity index (χ1) is 8.57. The number of nitrogens with one attached hydrogen (secondary N) is 2. The molecule has 6 heteroatoms. The van der Waals surface area contributed by atoms with Crippen molar-refractivity contribution in [1.29, 1.82) is 0 Å². The number of sulfonamides is 1. The van der Waals surface area contributed by atoms with Crippen LogP contribution in [0.3, 0.4) is 0 Å². The summed E-state index contributed by atoms with van der Waals surface area (Å²) < 4.78 is 26.8. The fourth-order valence-corrected chi connectivity index (χ4v) is 3.80. The van der Waals surface area contributed by atoms with E-state index in [0.29, 0.717) is 17.1 Å². The fourth-order valence-electron chi connectivity index (χ4n) is 2.07. The van der Waals surface area contributed by atoms with E-state index >= 15 is 0 Å². The van der Waals surface area contributed by atoms with Crippen molar-refractivity contribution in [3.63, 3.8) is 0 Å². The van der Waals surface area contributed by atoms with Crippen molar-refractivity contribution >= 4 is 21.6 Å². The van der Waals surface area contributed by atoms with Crippen LogP contribution in [-0.4, -0.2) is 27.5 Å². The molecular weight excluding hydrogens is 272 g/mol. The lowest BCUT2D eigenvalue weighted by Gasteiger charge is -2.23. The Balaban J connectivity index is 2.01. The molecule has 100 valence electrons. The molecule has 1 aliphatic heterocycles. The second-order valence-electron chi connectivity index (χ2n) is 4.51. The van der Waals surface area contributed by atoms with Gasteiger partial charge in [-0.15, -0.1) is 0 Å². The minimum atomic E-state index is -3.33. The molecule has 0 saturated carbocycles. The van der Waals surface area contributed by atoms with Crippen LogP contribution in [0.15, 0.2) is 24.3 Å². The zero-order valence-corrected chi connectivity index (χ0v) is 11.6. The number of hydrogen-bond acceptors (Lipinski definition) is 3. The molecule has 1 fully saturated rings. The summed E-state index contributed by atoms with van der Waals surface area (Å²) in [7, 11) is -3.33. The third-order valence-electron chi connectivity index (χ3n) is 2.95. The van der Waals surface area contributed by atoms with Crippen molar-refractivity contribution in [2.75, 3.05) is 13.1 Å². The summed E-state index contributed by atoms with van der Waals surface area (Å²) in [5, 5.41) is 3.67. The summed E-state index contributed by atoms with van der Waals surface area (Å²) in [6.45, 7) is 1.66. The van der Waals surface area contributed by atoms with Crippen LogP contribution in [0.2, 0.25) is 5.02 Å². The molecule has 0 spiro atoms. The lowest BCUT2D eigenvalue weighted by Crippen LogP contribution is -2.45. The Bertz CT molecular complexity index is 499. The van der Waals surface area contributed by atoms with Gasteiger partial charge in [0.05, 0.1) is 5.75 Å². The lowest BCUT2D eigenvalue weighted by molar-refractivity contribution is 0.428. The molecule has 1 atom stereocenters. The van der Waals surface area contributed by atoms with Gasteiger partial charge in [-0.3, -0.25) is 0 Å². The Morgan fingerprint density at radius 3 is 2.83 bits per heavy atom. The normalized spacial score (nSPS) is 20.8. The minimum absolute atomic E-state index is 0.00811. The van der Waals surface area contributed by atoms with E-state index in [2.05, 4.69) is 10.0 Å². The van der Waals surface area contributed by atoms with E-state index in [1.165, 1.54) is 0 Å². The molecular formula is C12H17ClN2O2S. The van der Waals surface area contributed by atoms with E-state index in [-0.39, 0.29) is 11.8 Å². The maximum absolute atomic E-state index is 12.0. The van der Waals surface area contributed by atoms with Crippen molar-refractivity contribution in [2.24, 2.45) is 0 Å². The summed E-state index contributed by atoms with van der Waals surface area (Å²) in [5.74, 6) is -0.0663. The number of hydrogen-bond donors (Lipinski definition) is 2. The van der Waals surface area contributed by atoms with E-state index in [1.807, 2.05) is 0 Å². The van der Waals surface area contributed by atoms with E-state index in [1.54, 1.807) is 24.3 Å². The fraction of sp³-hybridized carbons (Fsp3) is 0.500. The molecule has 0 radical (unpaired) electrons. The van der Waals surface area contributed by atoms with Gasteiger partial charge in [-0.25, -0.2) is 13.1 Å². The molecule has 1 saturated heterocycles. The highest BCUT2D eigenvalue weighted by atomic mass is 35.5. The monoisotopic (exact) mass is 288 g/mol. The van der Waals surface area contributed by atoms with Crippen molar-refractivity contribution in [1.82, 2.24) is 10.0 Å². The summed E-state index contributed by atoms with van der Waals surface area (Å²) in [4.78, 5) is 0. The Hall–Kier alpha value is -0.620. The summed E-state index contributed by atoms with van der Waals surface area (Å²) in [5.41, 5.74) is 0.635. The van der Waals surface area contributed by atoms with E-state index in [9.17, 15) is 8.42 Å². The third kappa shape index (κ3) is 3.95. The molecule has 0 amide bonds. The highest BCUT2D eigenvalue weighted by Gasteiger charge is 2.20. The van der Waals surface area contributed by atoms with Gasteiger partial charge in [0.25, 0.3) is 0 Å². The lowest BCUT2D eigenvalue weighted by atomic mass is 10.1. The average molecular weight is 289 g/mol. The van der Waals surface area contributed by atoms with E-state index < -0.39 is 10.0 Å². The van der Waals surface area contributed by atoms with Crippen LogP contribution in [0, 0.1) is 0 Å². The predicted octanol–water partition coefficient (Wildman–Crippen LogP) is 1.51. The maximum Gasteiger partial charge on any atom is 0.216 e. The van der Waals surface area contributed by atoms with Gasteiger partial charge >= 0.3 is 0 Å². The second-order valence-corrected chi connectivity index (χ2v) is 6.67. The zero-order chi connectivity index (χ0) is 13.0. The molecule has 4 nitrogen and oxygen atoms in total. The molecule has 2 rings (SSSR count). The molecule has 0 unspecified atom stereocenters. The molecule has 1 aromatic carbocycles. The zero-order valence-electron chi connectivity index (χ0n) is 10.0. The third-order valence-corrected chi connectivity index (χ3v) is 4.70. The highest BCUT2D eigenvalue weighted by Crippen LogP contribution is 2.17. The molecule has 1 aromatic rings. The number of rotatable bonds is 4. The number of benzene rings is 1. The average Bonchev–Trinajstić information content (AvgIpc) is 2.32. The topological polar surface area (TPSA) is 58.2 Å². The Kier molecular flexibility index (Phi) is 4.61. The Morgan fingerprint density at radius 1 is 1.39 bits per heavy atom. The molecule has 0 aromatic heterocycles. The molecule has 1 aliphatic rings. The van der Waals surface area contributed by atoms with Gasteiger partial charge in [0, 0.05) is 17.6 Å². The minimum Gasteiger partial charge on any atom is -0.315 e. The SMILES string of the molecule is O=S(=O)(Cc1ccccc1Cl)N[C@@H]1CCCNC1. The highest BCUT2D eigenvalue weighted by molar-refractivity contribution is 7.88. The van der Waals surface area contributed by atoms with E-state index in [0.717, 1.165) is 19.4 Å². The summed E-state index contributed by atoms with van der Waals surface area (Å²) >= 11 is 5.97. The summed E-state index contributed by atoms with van der Waals surface area (Å²) in [6.07, 6.45) is 1.88. The van der Waals surface area contributed by atoms with Gasteiger partial charge < -0.3 is 5.32 Å². The van der Waals surface area contributed by atoms with Gasteiger partial charge in [-0.1, -0.05) is 29.8 Å². The van der Waals surface area contributed by atoms with Crippen LogP contribution in [0.1, 0.15) is 18.4 Å². The van der Waals surface area contributed by atoms with Crippen LogP contribution in [0.25, 0.3) is 0 Å². The first-order valence-electron chi connectivity index (χ1n) is 6.01. The van der Waals surface area contributed by atoms with Crippen LogP contribution < -0.4 is 10.0 Å². The van der Waals surface area contributed by atoms with Gasteiger partial charge in [0.1, 0.15) is 0 Å². The van der Waals surface area contributed by atoms with E-state index in [4.69, 9.17) is 11.6 Å². The van der Waals surface area contributed by atoms with Crippen molar-refractivity contribution < 1.29 is 8.42 Å². The van der Waals surface area contributed by atoms with Gasteiger partial charge in [0.15, 0.2) is 0 Å². The predicted molar refractivity (Wildman–Crippen MR) is 73.1 cm³/mol. The Labute approximate surface area is 113 Å². The molecule has 0 bridgehead atoms. The van der Waals surface area contributed by atoms with Gasteiger partial charge in [0.2, 0.25) is 10.0 Å². The molecule has 0 aliphatic carbocycles. The largest absolute Gasteiger partial charge is 0.315 e. The van der Waals surface area contributed by atoms with Crippen LogP contribution in [0.5, 0.6) is 0 Å². The second kappa shape index (κ2) is 6.02. The number of piperidine rings is 1. The summed E-state index contributed by atoms with van der Waals surface area (Å²) in [6, 6.07) is 7.01. The molecule has 18 heavy (non-hydrogen) atoms. The molecule has 1 heterocycles. The number of halogens is 1. The van der Waals surface area contributed by atoms with Gasteiger partial charge in [-0.2, -0.15) is 0 Å².